The fraction of sp³-hybridized carbons (Fsp3) is 0.609. The molecule has 31 heavy (non-hydrogen) atoms. The molecule has 4 rings (SSSR count). The maximum absolute atomic E-state index is 12.9. The molecule has 3 fully saturated rings. The molecule has 1 N–H and O–H groups in total. The number of amides is 4. The number of carbonyl (C=O) groups is 3. The minimum atomic E-state index is -0.831. The largest absolute Gasteiger partial charge is 0.497 e. The maximum Gasteiger partial charge on any atom is 0.329 e. The van der Waals surface area contributed by atoms with Gasteiger partial charge < -0.3 is 19.9 Å². The normalized spacial score (nSPS) is 26.4. The molecule has 0 saturated carbocycles. The van der Waals surface area contributed by atoms with Gasteiger partial charge in [0.15, 0.2) is 0 Å². The van der Waals surface area contributed by atoms with Crippen LogP contribution in [0, 0.1) is 5.92 Å². The van der Waals surface area contributed by atoms with Crippen molar-refractivity contribution in [3.05, 3.63) is 24.3 Å². The third-order valence-electron chi connectivity index (χ3n) is 6.89. The van der Waals surface area contributed by atoms with Crippen molar-refractivity contribution in [1.82, 2.24) is 15.1 Å². The summed E-state index contributed by atoms with van der Waals surface area (Å²) in [4.78, 5) is 43.6. The minimum Gasteiger partial charge on any atom is -0.497 e. The fourth-order valence-electron chi connectivity index (χ4n) is 5.22. The Bertz CT molecular complexity index is 825. The molecule has 0 radical (unpaired) electrons. The smallest absolute Gasteiger partial charge is 0.329 e. The number of fused-ring (bicyclic) bond motifs is 1. The molecule has 3 heterocycles. The number of urea groups is 1. The van der Waals surface area contributed by atoms with Gasteiger partial charge in [-0.3, -0.25) is 9.59 Å². The molecule has 3 atom stereocenters. The van der Waals surface area contributed by atoms with E-state index < -0.39 is 18.0 Å². The van der Waals surface area contributed by atoms with Crippen molar-refractivity contribution in [2.75, 3.05) is 38.7 Å². The van der Waals surface area contributed by atoms with Crippen molar-refractivity contribution in [1.29, 1.82) is 0 Å². The molecule has 3 aliphatic heterocycles. The van der Waals surface area contributed by atoms with Crippen LogP contribution in [0.3, 0.4) is 0 Å². The number of piperidine rings is 2. The van der Waals surface area contributed by atoms with E-state index in [1.54, 1.807) is 36.3 Å². The van der Waals surface area contributed by atoms with Crippen LogP contribution >= 0.6 is 0 Å². The molecule has 3 unspecified atom stereocenters. The minimum absolute atomic E-state index is 0.0190. The van der Waals surface area contributed by atoms with Crippen molar-refractivity contribution < 1.29 is 19.1 Å². The van der Waals surface area contributed by atoms with Gasteiger partial charge in [0.2, 0.25) is 5.91 Å². The summed E-state index contributed by atoms with van der Waals surface area (Å²) in [5.41, 5.74) is 0.464. The molecule has 1 aromatic carbocycles. The van der Waals surface area contributed by atoms with E-state index in [0.717, 1.165) is 11.3 Å². The average molecular weight is 429 g/mol. The summed E-state index contributed by atoms with van der Waals surface area (Å²) in [6.45, 7) is 3.04. The number of nitrogens with zero attached hydrogens (tertiary/aromatic N) is 3. The molecule has 3 saturated heterocycles. The Morgan fingerprint density at radius 3 is 2.61 bits per heavy atom. The predicted molar refractivity (Wildman–Crippen MR) is 117 cm³/mol. The highest BCUT2D eigenvalue weighted by Gasteiger charge is 2.41. The molecule has 4 amide bonds. The van der Waals surface area contributed by atoms with Crippen molar-refractivity contribution in [3.8, 4) is 5.75 Å². The van der Waals surface area contributed by atoms with Crippen LogP contribution in [0.4, 0.5) is 10.5 Å². The number of rotatable bonds is 6. The second-order valence-electron chi connectivity index (χ2n) is 8.85. The summed E-state index contributed by atoms with van der Waals surface area (Å²) in [7, 11) is 3.37. The number of methoxy groups -OCH3 is 1. The van der Waals surface area contributed by atoms with Crippen molar-refractivity contribution in [3.63, 3.8) is 0 Å². The van der Waals surface area contributed by atoms with Gasteiger partial charge in [-0.05, 0) is 69.0 Å². The topological polar surface area (TPSA) is 82.2 Å². The van der Waals surface area contributed by atoms with E-state index in [2.05, 4.69) is 10.2 Å². The van der Waals surface area contributed by atoms with E-state index in [1.165, 1.54) is 38.8 Å². The summed E-state index contributed by atoms with van der Waals surface area (Å²) >= 11 is 0. The second-order valence-corrected chi connectivity index (χ2v) is 8.85. The SMILES string of the molecule is COc1ccc(N2C(=O)NC(CC(=O)N(C)CC3CCCN4CCCCC34)C2=O)cc1. The molecule has 0 aromatic heterocycles. The van der Waals surface area contributed by atoms with E-state index >= 15 is 0 Å². The molecular weight excluding hydrogens is 396 g/mol. The Balaban J connectivity index is 1.35. The summed E-state index contributed by atoms with van der Waals surface area (Å²) in [5, 5.41) is 2.67. The molecule has 0 aliphatic carbocycles. The van der Waals surface area contributed by atoms with Gasteiger partial charge in [0.05, 0.1) is 19.2 Å². The van der Waals surface area contributed by atoms with E-state index in [-0.39, 0.29) is 12.3 Å². The van der Waals surface area contributed by atoms with Gasteiger partial charge in [-0.25, -0.2) is 9.69 Å². The van der Waals surface area contributed by atoms with E-state index in [4.69, 9.17) is 4.74 Å². The number of nitrogens with one attached hydrogen (secondary N) is 1. The number of benzene rings is 1. The van der Waals surface area contributed by atoms with Crippen molar-refractivity contribution in [2.24, 2.45) is 5.92 Å². The lowest BCUT2D eigenvalue weighted by Crippen LogP contribution is -2.51. The molecule has 0 spiro atoms. The monoisotopic (exact) mass is 428 g/mol. The molecule has 8 nitrogen and oxygen atoms in total. The van der Waals surface area contributed by atoms with E-state index in [9.17, 15) is 14.4 Å². The van der Waals surface area contributed by atoms with Gasteiger partial charge >= 0.3 is 6.03 Å². The lowest BCUT2D eigenvalue weighted by atomic mass is 9.83. The van der Waals surface area contributed by atoms with Gasteiger partial charge in [-0.1, -0.05) is 6.42 Å². The van der Waals surface area contributed by atoms with E-state index in [0.29, 0.717) is 29.9 Å². The number of anilines is 1. The Kier molecular flexibility index (Phi) is 6.46. The maximum atomic E-state index is 12.9. The second kappa shape index (κ2) is 9.26. The summed E-state index contributed by atoms with van der Waals surface area (Å²) in [5.74, 6) is 0.618. The lowest BCUT2D eigenvalue weighted by molar-refractivity contribution is -0.133. The van der Waals surface area contributed by atoms with Gasteiger partial charge in [-0.15, -0.1) is 0 Å². The van der Waals surface area contributed by atoms with Crippen molar-refractivity contribution in [2.45, 2.75) is 50.6 Å². The first kappa shape index (κ1) is 21.6. The molecule has 1 aromatic rings. The number of hydrogen-bond donors (Lipinski definition) is 1. The van der Waals surface area contributed by atoms with E-state index in [1.807, 2.05) is 7.05 Å². The number of ether oxygens (including phenoxy) is 1. The third-order valence-corrected chi connectivity index (χ3v) is 6.89. The van der Waals surface area contributed by atoms with Crippen LogP contribution in [0.25, 0.3) is 0 Å². The Hall–Kier alpha value is -2.61. The van der Waals surface area contributed by atoms with Crippen molar-refractivity contribution >= 4 is 23.5 Å². The molecular formula is C23H32N4O4. The average Bonchev–Trinajstić information content (AvgIpc) is 3.06. The highest BCUT2D eigenvalue weighted by molar-refractivity contribution is 6.22. The zero-order valence-electron chi connectivity index (χ0n) is 18.4. The van der Waals surface area contributed by atoms with Crippen LogP contribution in [0.2, 0.25) is 0 Å². The van der Waals surface area contributed by atoms with Crippen LogP contribution in [-0.4, -0.2) is 73.5 Å². The zero-order valence-corrected chi connectivity index (χ0v) is 18.4. The summed E-state index contributed by atoms with van der Waals surface area (Å²) < 4.78 is 5.12. The van der Waals surface area contributed by atoms with Gasteiger partial charge in [0.25, 0.3) is 5.91 Å². The van der Waals surface area contributed by atoms with Crippen LogP contribution in [-0.2, 0) is 9.59 Å². The molecule has 3 aliphatic rings. The van der Waals surface area contributed by atoms with Crippen LogP contribution in [0.1, 0.15) is 38.5 Å². The molecule has 0 bridgehead atoms. The third kappa shape index (κ3) is 4.54. The predicted octanol–water partition coefficient (Wildman–Crippen LogP) is 2.23. The summed E-state index contributed by atoms with van der Waals surface area (Å²) in [6.07, 6.45) is 6.04. The quantitative estimate of drug-likeness (QED) is 0.703. The Morgan fingerprint density at radius 1 is 1.13 bits per heavy atom. The first-order chi connectivity index (χ1) is 15.0. The number of hydrogen-bond acceptors (Lipinski definition) is 5. The zero-order chi connectivity index (χ0) is 22.0. The first-order valence-corrected chi connectivity index (χ1v) is 11.2. The Morgan fingerprint density at radius 2 is 1.87 bits per heavy atom. The molecule has 8 heteroatoms. The van der Waals surface area contributed by atoms with Gasteiger partial charge in [0, 0.05) is 19.6 Å². The standard InChI is InChI=1S/C23H32N4O4/c1-25(15-16-6-5-13-26-12-4-3-7-20(16)26)21(28)14-19-22(29)27(23(30)24-19)17-8-10-18(31-2)11-9-17/h8-11,16,19-20H,3-7,12-15H2,1-2H3,(H,24,30). The molecule has 168 valence electrons. The highest BCUT2D eigenvalue weighted by Crippen LogP contribution is 2.31. The van der Waals surface area contributed by atoms with Crippen LogP contribution in [0.15, 0.2) is 24.3 Å². The number of imide groups is 1. The highest BCUT2D eigenvalue weighted by atomic mass is 16.5. The first-order valence-electron chi connectivity index (χ1n) is 11.2. The van der Waals surface area contributed by atoms with Crippen LogP contribution < -0.4 is 15.0 Å². The number of carbonyl (C=O) groups excluding carboxylic acids is 3. The van der Waals surface area contributed by atoms with Crippen LogP contribution in [0.5, 0.6) is 5.75 Å². The fourth-order valence-corrected chi connectivity index (χ4v) is 5.22. The summed E-state index contributed by atoms with van der Waals surface area (Å²) in [6, 6.07) is 5.94. The van der Waals surface area contributed by atoms with Gasteiger partial charge in [-0.2, -0.15) is 0 Å². The Labute approximate surface area is 183 Å². The lowest BCUT2D eigenvalue weighted by Gasteiger charge is -2.45. The van der Waals surface area contributed by atoms with Gasteiger partial charge in [0.1, 0.15) is 11.8 Å².